The molecule has 0 aliphatic heterocycles. The summed E-state index contributed by atoms with van der Waals surface area (Å²) in [6.45, 7) is 7.00. The molecule has 1 aromatic carbocycles. The van der Waals surface area contributed by atoms with Crippen LogP contribution in [-0.2, 0) is 4.79 Å². The van der Waals surface area contributed by atoms with E-state index < -0.39 is 6.10 Å². The summed E-state index contributed by atoms with van der Waals surface area (Å²) in [6, 6.07) is 6.78. The number of hydrogen-bond acceptors (Lipinski definition) is 5. The number of aromatic nitrogens is 1. The Bertz CT molecular complexity index is 690. The third-order valence-electron chi connectivity index (χ3n) is 3.18. The van der Waals surface area contributed by atoms with Gasteiger partial charge in [-0.05, 0) is 39.8 Å². The number of benzene rings is 1. The molecule has 0 spiro atoms. The van der Waals surface area contributed by atoms with Crippen LogP contribution in [0.2, 0.25) is 0 Å². The van der Waals surface area contributed by atoms with Gasteiger partial charge in [0, 0.05) is 10.4 Å². The number of ether oxygens (including phenoxy) is 1. The number of ketones is 1. The number of hydrogen-bond donors (Lipinski definition) is 1. The van der Waals surface area contributed by atoms with Crippen molar-refractivity contribution >= 4 is 28.2 Å². The quantitative estimate of drug-likeness (QED) is 0.858. The number of thiazole rings is 1. The van der Waals surface area contributed by atoms with E-state index in [9.17, 15) is 9.59 Å². The summed E-state index contributed by atoms with van der Waals surface area (Å²) in [5.41, 5.74) is 1.46. The van der Waals surface area contributed by atoms with E-state index in [2.05, 4.69) is 10.3 Å². The van der Waals surface area contributed by atoms with E-state index in [1.165, 1.54) is 18.3 Å². The van der Waals surface area contributed by atoms with E-state index in [-0.39, 0.29) is 11.7 Å². The van der Waals surface area contributed by atoms with Crippen LogP contribution >= 0.6 is 11.3 Å². The fourth-order valence-electron chi connectivity index (χ4n) is 1.78. The molecule has 0 radical (unpaired) electrons. The topological polar surface area (TPSA) is 68.3 Å². The zero-order valence-electron chi connectivity index (χ0n) is 13.0. The Hall–Kier alpha value is -2.21. The van der Waals surface area contributed by atoms with Crippen LogP contribution in [0.25, 0.3) is 0 Å². The van der Waals surface area contributed by atoms with Crippen molar-refractivity contribution in [3.05, 3.63) is 40.4 Å². The van der Waals surface area contributed by atoms with Gasteiger partial charge in [0.1, 0.15) is 5.75 Å². The second kappa shape index (κ2) is 6.70. The minimum atomic E-state index is -0.688. The third-order valence-corrected chi connectivity index (χ3v) is 4.17. The molecule has 0 aliphatic rings. The fraction of sp³-hybridized carbons (Fsp3) is 0.312. The standard InChI is InChI=1S/C16H18N2O3S/c1-9-12(4)22-16(17-9)18-15(20)11(3)21-14-7-5-6-13(8-14)10(2)19/h5-8,11H,1-4H3,(H,17,18,20)/t11-/m0/s1. The van der Waals surface area contributed by atoms with Gasteiger partial charge in [0.05, 0.1) is 5.69 Å². The number of nitrogens with zero attached hydrogens (tertiary/aromatic N) is 1. The summed E-state index contributed by atoms with van der Waals surface area (Å²) in [6.07, 6.45) is -0.688. The molecule has 1 aromatic heterocycles. The number of carbonyl (C=O) groups is 2. The number of nitrogens with one attached hydrogen (secondary N) is 1. The van der Waals surface area contributed by atoms with Crippen molar-refractivity contribution in [2.45, 2.75) is 33.8 Å². The van der Waals surface area contributed by atoms with Gasteiger partial charge in [-0.15, -0.1) is 11.3 Å². The van der Waals surface area contributed by atoms with Crippen molar-refractivity contribution in [1.82, 2.24) is 4.98 Å². The fourth-order valence-corrected chi connectivity index (χ4v) is 2.60. The number of aryl methyl sites for hydroxylation is 2. The van der Waals surface area contributed by atoms with Crippen LogP contribution in [0.15, 0.2) is 24.3 Å². The Morgan fingerprint density at radius 3 is 2.64 bits per heavy atom. The molecule has 0 fully saturated rings. The molecule has 1 amide bonds. The largest absolute Gasteiger partial charge is 0.481 e. The van der Waals surface area contributed by atoms with Gasteiger partial charge in [-0.3, -0.25) is 14.9 Å². The molecular weight excluding hydrogens is 300 g/mol. The van der Waals surface area contributed by atoms with Gasteiger partial charge in [-0.2, -0.15) is 0 Å². The smallest absolute Gasteiger partial charge is 0.266 e. The molecular formula is C16H18N2O3S. The van der Waals surface area contributed by atoms with Gasteiger partial charge in [-0.1, -0.05) is 12.1 Å². The highest BCUT2D eigenvalue weighted by molar-refractivity contribution is 7.15. The Labute approximate surface area is 133 Å². The second-order valence-corrected chi connectivity index (χ2v) is 6.20. The highest BCUT2D eigenvalue weighted by atomic mass is 32.1. The summed E-state index contributed by atoms with van der Waals surface area (Å²) in [5, 5.41) is 3.30. The molecule has 0 unspecified atom stereocenters. The first-order valence-corrected chi connectivity index (χ1v) is 7.71. The van der Waals surface area contributed by atoms with Gasteiger partial charge in [0.25, 0.3) is 5.91 Å². The van der Waals surface area contributed by atoms with Gasteiger partial charge in [0.15, 0.2) is 17.0 Å². The molecule has 6 heteroatoms. The minimum Gasteiger partial charge on any atom is -0.481 e. The molecule has 1 heterocycles. The van der Waals surface area contributed by atoms with E-state index in [4.69, 9.17) is 4.74 Å². The van der Waals surface area contributed by atoms with E-state index in [0.29, 0.717) is 16.4 Å². The van der Waals surface area contributed by atoms with Crippen LogP contribution in [0, 0.1) is 13.8 Å². The molecule has 22 heavy (non-hydrogen) atoms. The molecule has 5 nitrogen and oxygen atoms in total. The van der Waals surface area contributed by atoms with E-state index in [0.717, 1.165) is 10.6 Å². The normalized spacial score (nSPS) is 11.8. The van der Waals surface area contributed by atoms with Crippen molar-refractivity contribution in [2.24, 2.45) is 0 Å². The molecule has 0 aliphatic carbocycles. The van der Waals surface area contributed by atoms with Gasteiger partial charge in [0.2, 0.25) is 0 Å². The summed E-state index contributed by atoms with van der Waals surface area (Å²) in [7, 11) is 0. The van der Waals surface area contributed by atoms with Gasteiger partial charge >= 0.3 is 0 Å². The molecule has 0 saturated carbocycles. The van der Waals surface area contributed by atoms with Crippen LogP contribution in [0.1, 0.15) is 34.8 Å². The summed E-state index contributed by atoms with van der Waals surface area (Å²) < 4.78 is 5.59. The summed E-state index contributed by atoms with van der Waals surface area (Å²) >= 11 is 1.43. The average molecular weight is 318 g/mol. The van der Waals surface area contributed by atoms with Crippen LogP contribution in [-0.4, -0.2) is 22.8 Å². The highest BCUT2D eigenvalue weighted by Crippen LogP contribution is 2.22. The SMILES string of the molecule is CC(=O)c1cccc(O[C@@H](C)C(=O)Nc2nc(C)c(C)s2)c1. The van der Waals surface area contributed by atoms with Gasteiger partial charge in [-0.25, -0.2) is 4.98 Å². The predicted molar refractivity (Wildman–Crippen MR) is 86.8 cm³/mol. The minimum absolute atomic E-state index is 0.0451. The predicted octanol–water partition coefficient (Wildman–Crippen LogP) is 3.37. The number of carbonyl (C=O) groups excluding carboxylic acids is 2. The maximum Gasteiger partial charge on any atom is 0.266 e. The molecule has 1 N–H and O–H groups in total. The molecule has 2 rings (SSSR count). The maximum atomic E-state index is 12.1. The zero-order chi connectivity index (χ0) is 16.3. The van der Waals surface area contributed by atoms with Crippen LogP contribution in [0.4, 0.5) is 5.13 Å². The number of anilines is 1. The van der Waals surface area contributed by atoms with E-state index in [1.54, 1.807) is 31.2 Å². The first-order chi connectivity index (χ1) is 10.4. The summed E-state index contributed by atoms with van der Waals surface area (Å²) in [5.74, 6) is 0.167. The van der Waals surface area contributed by atoms with Crippen molar-refractivity contribution in [3.63, 3.8) is 0 Å². The first kappa shape index (κ1) is 16.2. The van der Waals surface area contributed by atoms with Crippen molar-refractivity contribution in [1.29, 1.82) is 0 Å². The lowest BCUT2D eigenvalue weighted by atomic mass is 10.1. The number of Topliss-reactive ketones (excluding diaryl/α,β-unsaturated/α-hetero) is 1. The second-order valence-electron chi connectivity index (χ2n) is 4.99. The highest BCUT2D eigenvalue weighted by Gasteiger charge is 2.17. The average Bonchev–Trinajstić information content (AvgIpc) is 2.77. The lowest BCUT2D eigenvalue weighted by Crippen LogP contribution is -2.30. The Balaban J connectivity index is 2.02. The molecule has 0 saturated heterocycles. The van der Waals surface area contributed by atoms with Crippen LogP contribution < -0.4 is 10.1 Å². The van der Waals surface area contributed by atoms with Crippen molar-refractivity contribution < 1.29 is 14.3 Å². The number of amides is 1. The zero-order valence-corrected chi connectivity index (χ0v) is 13.8. The van der Waals surface area contributed by atoms with Crippen LogP contribution in [0.5, 0.6) is 5.75 Å². The Morgan fingerprint density at radius 2 is 2.05 bits per heavy atom. The monoisotopic (exact) mass is 318 g/mol. The van der Waals surface area contributed by atoms with Gasteiger partial charge < -0.3 is 4.74 Å². The maximum absolute atomic E-state index is 12.1. The Morgan fingerprint density at radius 1 is 1.32 bits per heavy atom. The molecule has 2 aromatic rings. The molecule has 0 bridgehead atoms. The van der Waals surface area contributed by atoms with E-state index in [1.807, 2.05) is 13.8 Å². The van der Waals surface area contributed by atoms with Crippen molar-refractivity contribution in [3.8, 4) is 5.75 Å². The lowest BCUT2D eigenvalue weighted by molar-refractivity contribution is -0.122. The first-order valence-electron chi connectivity index (χ1n) is 6.89. The van der Waals surface area contributed by atoms with Crippen LogP contribution in [0.3, 0.4) is 0 Å². The molecule has 116 valence electrons. The molecule has 1 atom stereocenters. The third kappa shape index (κ3) is 3.92. The number of rotatable bonds is 5. The lowest BCUT2D eigenvalue weighted by Gasteiger charge is -2.14. The Kier molecular flexibility index (Phi) is 4.92. The van der Waals surface area contributed by atoms with E-state index >= 15 is 0 Å². The summed E-state index contributed by atoms with van der Waals surface area (Å²) in [4.78, 5) is 28.8. The van der Waals surface area contributed by atoms with Crippen molar-refractivity contribution in [2.75, 3.05) is 5.32 Å².